The molecule has 2 aliphatic carbocycles. The minimum atomic E-state index is -0.905. The quantitative estimate of drug-likeness (QED) is 0.484. The molecule has 4 nitrogen and oxygen atoms in total. The summed E-state index contributed by atoms with van der Waals surface area (Å²) in [5, 5.41) is 10.1. The minimum absolute atomic E-state index is 0.0954. The zero-order valence-corrected chi connectivity index (χ0v) is 11.6. The van der Waals surface area contributed by atoms with Crippen molar-refractivity contribution in [3.63, 3.8) is 0 Å². The summed E-state index contributed by atoms with van der Waals surface area (Å²) < 4.78 is 10.8. The smallest absolute Gasteiger partial charge is 0.311 e. The molecule has 1 heterocycles. The Morgan fingerprint density at radius 2 is 1.89 bits per heavy atom. The number of epoxide rings is 1. The number of aliphatic hydroxyl groups excluding tert-OH is 1. The van der Waals surface area contributed by atoms with Gasteiger partial charge in [-0.05, 0) is 31.6 Å². The highest BCUT2D eigenvalue weighted by Gasteiger charge is 2.49. The van der Waals surface area contributed by atoms with Crippen molar-refractivity contribution in [1.29, 1.82) is 0 Å². The van der Waals surface area contributed by atoms with Crippen LogP contribution >= 0.6 is 0 Å². The maximum atomic E-state index is 12.2. The number of ether oxygens (including phenoxy) is 2. The summed E-state index contributed by atoms with van der Waals surface area (Å²) in [6, 6.07) is 0. The number of hydrogen-bond donors (Lipinski definition) is 1. The molecule has 4 heteroatoms. The Morgan fingerprint density at radius 3 is 2.63 bits per heavy atom. The molecule has 108 valence electrons. The summed E-state index contributed by atoms with van der Waals surface area (Å²) in [5.41, 5.74) is 0. The summed E-state index contributed by atoms with van der Waals surface area (Å²) in [5.74, 6) is 0.123. The van der Waals surface area contributed by atoms with Crippen molar-refractivity contribution in [2.75, 3.05) is 0 Å². The monoisotopic (exact) mass is 268 g/mol. The number of carbonyl (C=O) groups is 1. The number of aliphatic hydroxyl groups is 1. The van der Waals surface area contributed by atoms with E-state index in [0.717, 1.165) is 38.5 Å². The molecule has 0 radical (unpaired) electrons. The van der Waals surface area contributed by atoms with Crippen LogP contribution in [0.4, 0.5) is 0 Å². The first-order valence-electron chi connectivity index (χ1n) is 7.69. The molecule has 5 atom stereocenters. The number of esters is 1. The van der Waals surface area contributed by atoms with Crippen molar-refractivity contribution in [3.05, 3.63) is 0 Å². The fraction of sp³-hybridized carbons (Fsp3) is 0.933. The topological polar surface area (TPSA) is 59.1 Å². The van der Waals surface area contributed by atoms with Crippen LogP contribution in [0.25, 0.3) is 0 Å². The molecule has 1 N–H and O–H groups in total. The molecular weight excluding hydrogens is 244 g/mol. The predicted molar refractivity (Wildman–Crippen MR) is 69.2 cm³/mol. The van der Waals surface area contributed by atoms with Crippen LogP contribution in [-0.4, -0.2) is 29.6 Å². The van der Waals surface area contributed by atoms with Crippen LogP contribution in [0, 0.1) is 17.8 Å². The Kier molecular flexibility index (Phi) is 3.81. The van der Waals surface area contributed by atoms with Crippen LogP contribution in [0.3, 0.4) is 0 Å². The molecule has 3 rings (SSSR count). The molecule has 0 bridgehead atoms. The highest BCUT2D eigenvalue weighted by Crippen LogP contribution is 2.43. The van der Waals surface area contributed by atoms with Gasteiger partial charge in [0.2, 0.25) is 6.29 Å². The number of fused-ring (bicyclic) bond motifs is 1. The normalized spacial score (nSPS) is 40.3. The number of carbonyl (C=O) groups excluding carboxylic acids is 1. The molecule has 3 fully saturated rings. The first kappa shape index (κ1) is 13.4. The van der Waals surface area contributed by atoms with E-state index in [4.69, 9.17) is 9.47 Å². The van der Waals surface area contributed by atoms with Crippen molar-refractivity contribution in [1.82, 2.24) is 0 Å². The molecule has 5 unspecified atom stereocenters. The lowest BCUT2D eigenvalue weighted by atomic mass is 9.80. The fourth-order valence-electron chi connectivity index (χ4n) is 3.66. The summed E-state index contributed by atoms with van der Waals surface area (Å²) in [6.07, 6.45) is 6.91. The second-order valence-electron chi connectivity index (χ2n) is 6.49. The van der Waals surface area contributed by atoms with E-state index in [-0.39, 0.29) is 23.9 Å². The molecule has 19 heavy (non-hydrogen) atoms. The molecule has 2 saturated carbocycles. The Morgan fingerprint density at radius 1 is 1.21 bits per heavy atom. The van der Waals surface area contributed by atoms with Gasteiger partial charge in [0.1, 0.15) is 0 Å². The molecule has 1 aliphatic heterocycles. The van der Waals surface area contributed by atoms with Crippen molar-refractivity contribution >= 4 is 5.97 Å². The van der Waals surface area contributed by atoms with Gasteiger partial charge in [0, 0.05) is 5.92 Å². The Balaban J connectivity index is 1.52. The van der Waals surface area contributed by atoms with Gasteiger partial charge in [0.25, 0.3) is 0 Å². The van der Waals surface area contributed by atoms with E-state index in [0.29, 0.717) is 12.0 Å². The van der Waals surface area contributed by atoms with E-state index >= 15 is 0 Å². The lowest BCUT2D eigenvalue weighted by molar-refractivity contribution is -0.186. The van der Waals surface area contributed by atoms with Gasteiger partial charge in [-0.3, -0.25) is 4.79 Å². The van der Waals surface area contributed by atoms with Crippen LogP contribution in [0.15, 0.2) is 0 Å². The molecule has 0 amide bonds. The molecule has 0 spiro atoms. The van der Waals surface area contributed by atoms with Crippen molar-refractivity contribution < 1.29 is 19.4 Å². The SMILES string of the molecule is CC1CC2OC2CC1C(=O)OC(O)C1CCCCC1. The highest BCUT2D eigenvalue weighted by molar-refractivity contribution is 5.73. The van der Waals surface area contributed by atoms with Gasteiger partial charge >= 0.3 is 5.97 Å². The summed E-state index contributed by atoms with van der Waals surface area (Å²) in [7, 11) is 0. The van der Waals surface area contributed by atoms with Gasteiger partial charge in [-0.1, -0.05) is 26.2 Å². The van der Waals surface area contributed by atoms with Crippen LogP contribution in [0.1, 0.15) is 51.9 Å². The van der Waals surface area contributed by atoms with Crippen LogP contribution in [0.5, 0.6) is 0 Å². The molecule has 0 aromatic heterocycles. The van der Waals surface area contributed by atoms with Gasteiger partial charge in [-0.25, -0.2) is 0 Å². The third kappa shape index (κ3) is 2.95. The average molecular weight is 268 g/mol. The van der Waals surface area contributed by atoms with Gasteiger partial charge in [0.15, 0.2) is 0 Å². The molecule has 1 saturated heterocycles. The maximum Gasteiger partial charge on any atom is 0.311 e. The summed E-state index contributed by atoms with van der Waals surface area (Å²) in [6.45, 7) is 2.08. The van der Waals surface area contributed by atoms with Crippen LogP contribution < -0.4 is 0 Å². The second kappa shape index (κ2) is 5.41. The van der Waals surface area contributed by atoms with E-state index in [1.54, 1.807) is 0 Å². The largest absolute Gasteiger partial charge is 0.435 e. The first-order valence-corrected chi connectivity index (χ1v) is 7.69. The lowest BCUT2D eigenvalue weighted by Crippen LogP contribution is -2.35. The third-order valence-electron chi connectivity index (χ3n) is 5.06. The predicted octanol–water partition coefficient (Wildman–Crippen LogP) is 2.24. The van der Waals surface area contributed by atoms with Gasteiger partial charge < -0.3 is 14.6 Å². The van der Waals surface area contributed by atoms with Crippen molar-refractivity contribution in [2.24, 2.45) is 17.8 Å². The maximum absolute atomic E-state index is 12.2. The number of rotatable bonds is 3. The van der Waals surface area contributed by atoms with E-state index in [1.807, 2.05) is 0 Å². The highest BCUT2D eigenvalue weighted by atomic mass is 16.6. The Bertz CT molecular complexity index is 337. The van der Waals surface area contributed by atoms with Crippen molar-refractivity contribution in [2.45, 2.75) is 70.4 Å². The summed E-state index contributed by atoms with van der Waals surface area (Å²) >= 11 is 0. The van der Waals surface area contributed by atoms with E-state index in [2.05, 4.69) is 6.92 Å². The van der Waals surface area contributed by atoms with Gasteiger partial charge in [-0.2, -0.15) is 0 Å². The van der Waals surface area contributed by atoms with E-state index in [1.165, 1.54) is 6.42 Å². The molecule has 0 aromatic carbocycles. The third-order valence-corrected chi connectivity index (χ3v) is 5.06. The van der Waals surface area contributed by atoms with E-state index < -0.39 is 6.29 Å². The standard InChI is InChI=1S/C15H24O4/c1-9-7-12-13(18-12)8-11(9)15(17)19-14(16)10-5-3-2-4-6-10/h9-14,16H,2-8H2,1H3. The first-order chi connectivity index (χ1) is 9.15. The fourth-order valence-corrected chi connectivity index (χ4v) is 3.66. The minimum Gasteiger partial charge on any atom is -0.435 e. The van der Waals surface area contributed by atoms with Gasteiger partial charge in [-0.15, -0.1) is 0 Å². The average Bonchev–Trinajstić information content (AvgIpc) is 3.16. The zero-order chi connectivity index (χ0) is 13.4. The lowest BCUT2D eigenvalue weighted by Gasteiger charge is -2.29. The molecular formula is C15H24O4. The molecule has 3 aliphatic rings. The van der Waals surface area contributed by atoms with Crippen molar-refractivity contribution in [3.8, 4) is 0 Å². The Hall–Kier alpha value is -0.610. The molecule has 0 aromatic rings. The second-order valence-corrected chi connectivity index (χ2v) is 6.49. The van der Waals surface area contributed by atoms with Gasteiger partial charge in [0.05, 0.1) is 18.1 Å². The van der Waals surface area contributed by atoms with Crippen LogP contribution in [0.2, 0.25) is 0 Å². The summed E-state index contributed by atoms with van der Waals surface area (Å²) in [4.78, 5) is 12.2. The Labute approximate surface area is 114 Å². The van der Waals surface area contributed by atoms with Crippen LogP contribution in [-0.2, 0) is 14.3 Å². The zero-order valence-electron chi connectivity index (χ0n) is 11.6. The van der Waals surface area contributed by atoms with E-state index in [9.17, 15) is 9.90 Å². The number of hydrogen-bond acceptors (Lipinski definition) is 4.